The summed E-state index contributed by atoms with van der Waals surface area (Å²) in [4.78, 5) is 12.9. The number of rotatable bonds is 40. The Hall–Kier alpha value is -2.89. The molecule has 360 valence electrons. The first-order chi connectivity index (χ1) is 30.8. The average Bonchev–Trinajstić information content (AvgIpc) is 3.28. The van der Waals surface area contributed by atoms with Crippen molar-refractivity contribution in [2.75, 3.05) is 13.2 Å². The number of allylic oxidation sites excluding steroid dienone is 15. The van der Waals surface area contributed by atoms with Crippen LogP contribution in [0.5, 0.6) is 0 Å². The van der Waals surface area contributed by atoms with Crippen molar-refractivity contribution >= 4 is 5.91 Å². The van der Waals surface area contributed by atoms with E-state index >= 15 is 0 Å². The van der Waals surface area contributed by atoms with Crippen LogP contribution in [0.3, 0.4) is 0 Å². The smallest absolute Gasteiger partial charge is 0.220 e. The molecule has 0 spiro atoms. The third-order valence-electron chi connectivity index (χ3n) is 11.2. The van der Waals surface area contributed by atoms with Crippen molar-refractivity contribution < 1.29 is 39.8 Å². The lowest BCUT2D eigenvalue weighted by Gasteiger charge is -2.40. The van der Waals surface area contributed by atoms with E-state index in [9.17, 15) is 30.3 Å². The maximum absolute atomic E-state index is 12.9. The van der Waals surface area contributed by atoms with Gasteiger partial charge in [0.1, 0.15) is 24.4 Å². The first-order valence-electron chi connectivity index (χ1n) is 24.9. The number of hydrogen-bond acceptors (Lipinski definition) is 8. The number of hydrogen-bond donors (Lipinski definition) is 6. The summed E-state index contributed by atoms with van der Waals surface area (Å²) < 4.78 is 11.2. The molecule has 63 heavy (non-hydrogen) atoms. The molecule has 1 rings (SSSR count). The Bertz CT molecular complexity index is 1300. The largest absolute Gasteiger partial charge is 0.394 e. The highest BCUT2D eigenvalue weighted by Gasteiger charge is 2.44. The van der Waals surface area contributed by atoms with E-state index < -0.39 is 49.5 Å². The van der Waals surface area contributed by atoms with E-state index in [2.05, 4.69) is 91.2 Å². The fourth-order valence-corrected chi connectivity index (χ4v) is 7.28. The predicted molar refractivity (Wildman–Crippen MR) is 262 cm³/mol. The molecule has 0 radical (unpaired) electrons. The minimum absolute atomic E-state index is 0.199. The van der Waals surface area contributed by atoms with Gasteiger partial charge in [0.2, 0.25) is 5.91 Å². The Balaban J connectivity index is 2.15. The Morgan fingerprint density at radius 3 is 1.52 bits per heavy atom. The zero-order valence-electron chi connectivity index (χ0n) is 39.5. The second kappa shape index (κ2) is 43.0. The fraction of sp³-hybridized carbons (Fsp3) is 0.685. The van der Waals surface area contributed by atoms with E-state index in [4.69, 9.17) is 9.47 Å². The van der Waals surface area contributed by atoms with Crippen LogP contribution in [0, 0.1) is 0 Å². The van der Waals surface area contributed by atoms with Gasteiger partial charge in [-0.05, 0) is 84.0 Å². The second-order valence-electron chi connectivity index (χ2n) is 16.9. The molecule has 0 saturated carbocycles. The highest BCUT2D eigenvalue weighted by Crippen LogP contribution is 2.22. The molecule has 9 heteroatoms. The van der Waals surface area contributed by atoms with Gasteiger partial charge in [-0.1, -0.05) is 188 Å². The van der Waals surface area contributed by atoms with Crippen molar-refractivity contribution in [2.24, 2.45) is 0 Å². The molecule has 7 unspecified atom stereocenters. The van der Waals surface area contributed by atoms with Gasteiger partial charge in [-0.2, -0.15) is 0 Å². The van der Waals surface area contributed by atoms with Crippen LogP contribution in [0.4, 0.5) is 0 Å². The van der Waals surface area contributed by atoms with Gasteiger partial charge in [-0.3, -0.25) is 4.79 Å². The number of amides is 1. The third kappa shape index (κ3) is 33.3. The van der Waals surface area contributed by atoms with Crippen LogP contribution in [0.25, 0.3) is 0 Å². The normalized spacial score (nSPS) is 21.0. The molecule has 1 aliphatic heterocycles. The monoisotopic (exact) mass is 882 g/mol. The summed E-state index contributed by atoms with van der Waals surface area (Å²) in [5.74, 6) is -0.199. The molecule has 0 aromatic rings. The molecule has 0 aromatic heterocycles. The minimum atomic E-state index is -1.58. The van der Waals surface area contributed by atoms with E-state index in [-0.39, 0.29) is 12.5 Å². The molecule has 7 atom stereocenters. The minimum Gasteiger partial charge on any atom is -0.394 e. The number of unbranched alkanes of at least 4 members (excludes halogenated alkanes) is 17. The van der Waals surface area contributed by atoms with Crippen LogP contribution < -0.4 is 5.32 Å². The Labute approximate surface area is 383 Å². The SMILES string of the molecule is C/C=C/CC/C=C/CC/C=C/C(O)C(COC1OC(CO)C(O)C(O)C1O)NC(=O)CCCCCCCCCCCCCCCCC/C=C\C/C=C\C/C=C\C/C=C\C/C=C\CC. The van der Waals surface area contributed by atoms with Crippen molar-refractivity contribution in [3.05, 3.63) is 97.2 Å². The lowest BCUT2D eigenvalue weighted by atomic mass is 9.99. The molecule has 9 nitrogen and oxygen atoms in total. The van der Waals surface area contributed by atoms with Gasteiger partial charge in [-0.15, -0.1) is 0 Å². The van der Waals surface area contributed by atoms with Crippen molar-refractivity contribution in [1.82, 2.24) is 5.32 Å². The Morgan fingerprint density at radius 2 is 1.02 bits per heavy atom. The lowest BCUT2D eigenvalue weighted by molar-refractivity contribution is -0.302. The molecular formula is C54H91NO8. The van der Waals surface area contributed by atoms with Gasteiger partial charge in [0.25, 0.3) is 0 Å². The van der Waals surface area contributed by atoms with Gasteiger partial charge in [0.05, 0.1) is 25.4 Å². The first-order valence-corrected chi connectivity index (χ1v) is 24.9. The number of carbonyl (C=O) groups excluding carboxylic acids is 1. The summed E-state index contributed by atoms with van der Waals surface area (Å²) in [6.45, 7) is 3.38. The van der Waals surface area contributed by atoms with E-state index in [1.807, 2.05) is 19.1 Å². The highest BCUT2D eigenvalue weighted by atomic mass is 16.7. The van der Waals surface area contributed by atoms with Crippen LogP contribution in [0.1, 0.15) is 181 Å². The summed E-state index contributed by atoms with van der Waals surface area (Å²) in [5.41, 5.74) is 0. The van der Waals surface area contributed by atoms with E-state index in [0.717, 1.165) is 77.0 Å². The van der Waals surface area contributed by atoms with Gasteiger partial charge >= 0.3 is 0 Å². The van der Waals surface area contributed by atoms with Crippen molar-refractivity contribution in [2.45, 2.75) is 224 Å². The molecule has 0 aromatic carbocycles. The molecule has 0 aliphatic carbocycles. The zero-order chi connectivity index (χ0) is 45.9. The standard InChI is InChI=1S/C54H91NO8/c1-3-5-7-9-11-13-14-15-16-17-18-19-20-21-22-23-24-25-26-27-28-29-30-31-32-33-34-36-38-40-42-44-50(58)55-47(48(57)43-41-39-37-35-12-10-8-6-4-2)46-62-54-53(61)52(60)51(59)49(45-56)63-54/h4-7,11-13,15-16,18-19,21-22,35,41,43,47-49,51-54,56-57,59-61H,3,8-10,14,17,20,23-34,36-40,42,44-46H2,1-2H3,(H,55,58)/b6-4+,7-5-,13-11-,16-15-,19-18-,22-21-,35-12+,43-41+. The third-order valence-corrected chi connectivity index (χ3v) is 11.2. The van der Waals surface area contributed by atoms with Crippen LogP contribution in [0.15, 0.2) is 97.2 Å². The highest BCUT2D eigenvalue weighted by molar-refractivity contribution is 5.76. The summed E-state index contributed by atoms with van der Waals surface area (Å²) in [5, 5.41) is 54.0. The van der Waals surface area contributed by atoms with Crippen molar-refractivity contribution in [3.8, 4) is 0 Å². The Kier molecular flexibility index (Phi) is 39.7. The fourth-order valence-electron chi connectivity index (χ4n) is 7.28. The topological polar surface area (TPSA) is 149 Å². The van der Waals surface area contributed by atoms with Crippen LogP contribution in [-0.4, -0.2) is 87.5 Å². The molecular weight excluding hydrogens is 791 g/mol. The zero-order valence-corrected chi connectivity index (χ0v) is 39.5. The molecule has 1 heterocycles. The Morgan fingerprint density at radius 1 is 0.571 bits per heavy atom. The number of aliphatic hydroxyl groups is 5. The number of ether oxygens (including phenoxy) is 2. The first kappa shape index (κ1) is 58.1. The maximum atomic E-state index is 12.9. The van der Waals surface area contributed by atoms with E-state index in [1.54, 1.807) is 6.08 Å². The quantitative estimate of drug-likeness (QED) is 0.0263. The molecule has 6 N–H and O–H groups in total. The van der Waals surface area contributed by atoms with Crippen molar-refractivity contribution in [1.29, 1.82) is 0 Å². The molecule has 0 bridgehead atoms. The predicted octanol–water partition coefficient (Wildman–Crippen LogP) is 11.3. The summed E-state index contributed by atoms with van der Waals surface area (Å²) in [6, 6.07) is -0.830. The van der Waals surface area contributed by atoms with Gasteiger partial charge in [-0.25, -0.2) is 0 Å². The number of nitrogens with one attached hydrogen (secondary N) is 1. The molecule has 1 fully saturated rings. The average molecular weight is 882 g/mol. The second-order valence-corrected chi connectivity index (χ2v) is 16.9. The summed E-state index contributed by atoms with van der Waals surface area (Å²) in [7, 11) is 0. The van der Waals surface area contributed by atoms with E-state index in [1.165, 1.54) is 83.5 Å². The van der Waals surface area contributed by atoms with Crippen LogP contribution >= 0.6 is 0 Å². The van der Waals surface area contributed by atoms with E-state index in [0.29, 0.717) is 6.42 Å². The summed E-state index contributed by atoms with van der Waals surface area (Å²) in [6.07, 6.45) is 55.0. The van der Waals surface area contributed by atoms with Crippen LogP contribution in [0.2, 0.25) is 0 Å². The number of carbonyl (C=O) groups is 1. The molecule has 1 saturated heterocycles. The van der Waals surface area contributed by atoms with Crippen molar-refractivity contribution in [3.63, 3.8) is 0 Å². The van der Waals surface area contributed by atoms with Crippen LogP contribution in [-0.2, 0) is 14.3 Å². The maximum Gasteiger partial charge on any atom is 0.220 e. The van der Waals surface area contributed by atoms with Gasteiger partial charge < -0.3 is 40.3 Å². The number of aliphatic hydroxyl groups excluding tert-OH is 5. The molecule has 1 aliphatic rings. The lowest BCUT2D eigenvalue weighted by Crippen LogP contribution is -2.60. The van der Waals surface area contributed by atoms with Gasteiger partial charge in [0, 0.05) is 6.42 Å². The van der Waals surface area contributed by atoms with Gasteiger partial charge in [0.15, 0.2) is 6.29 Å². The summed E-state index contributed by atoms with van der Waals surface area (Å²) >= 11 is 0. The molecule has 1 amide bonds.